The molecule has 2 aromatic carbocycles. The highest BCUT2D eigenvalue weighted by Gasteiger charge is 2.49. The van der Waals surface area contributed by atoms with E-state index in [1.54, 1.807) is 13.0 Å². The van der Waals surface area contributed by atoms with E-state index in [4.69, 9.17) is 9.15 Å². The third-order valence-electron chi connectivity index (χ3n) is 5.15. The van der Waals surface area contributed by atoms with Crippen LogP contribution in [0.2, 0.25) is 0 Å². The Morgan fingerprint density at radius 3 is 2.44 bits per heavy atom. The Bertz CT molecular complexity index is 1360. The van der Waals surface area contributed by atoms with Gasteiger partial charge in [0.2, 0.25) is 0 Å². The maximum absolute atomic E-state index is 13.5. The largest absolute Gasteiger partial charge is 0.534 e. The number of rotatable bonds is 10. The van der Waals surface area contributed by atoms with E-state index in [0.29, 0.717) is 24.9 Å². The number of allylic oxidation sites excluding steroid dienone is 1. The van der Waals surface area contributed by atoms with Gasteiger partial charge in [0.25, 0.3) is 0 Å². The Balaban J connectivity index is 2.28. The molecule has 0 bridgehead atoms. The predicted octanol–water partition coefficient (Wildman–Crippen LogP) is 6.05. The van der Waals surface area contributed by atoms with Gasteiger partial charge in [0.05, 0.1) is 12.3 Å². The van der Waals surface area contributed by atoms with Gasteiger partial charge in [-0.15, -0.1) is 6.58 Å². The number of ether oxygens (including phenoxy) is 1. The Hall–Kier alpha value is -3.54. The molecule has 0 unspecified atom stereocenters. The summed E-state index contributed by atoms with van der Waals surface area (Å²) in [5.74, 6) is -2.09. The van der Waals surface area contributed by atoms with Crippen LogP contribution >= 0.6 is 0 Å². The number of alkyl halides is 3. The second-order valence-corrected chi connectivity index (χ2v) is 9.22. The first kappa shape index (κ1) is 27.1. The minimum atomic E-state index is -6.03. The van der Waals surface area contributed by atoms with E-state index in [2.05, 4.69) is 10.8 Å². The van der Waals surface area contributed by atoms with Crippen LogP contribution in [0.25, 0.3) is 22.3 Å². The van der Waals surface area contributed by atoms with Crippen molar-refractivity contribution in [3.8, 4) is 17.1 Å². The number of hydrogen-bond acceptors (Lipinski definition) is 7. The fraction of sp³-hybridized carbons (Fsp3) is 0.292. The number of carbonyl (C=O) groups excluding carboxylic acids is 1. The zero-order valence-corrected chi connectivity index (χ0v) is 20.2. The smallest absolute Gasteiger partial charge is 0.462 e. The van der Waals surface area contributed by atoms with E-state index in [9.17, 15) is 30.8 Å². The van der Waals surface area contributed by atoms with Crippen molar-refractivity contribution >= 4 is 32.7 Å². The average molecular weight is 530 g/mol. The lowest BCUT2D eigenvalue weighted by molar-refractivity contribution is -0.0499. The van der Waals surface area contributed by atoms with Gasteiger partial charge in [0.15, 0.2) is 5.75 Å². The van der Waals surface area contributed by atoms with Gasteiger partial charge >= 0.3 is 21.6 Å². The minimum Gasteiger partial charge on any atom is -0.462 e. The number of hydrogen-bond donors (Lipinski definition) is 0. The van der Waals surface area contributed by atoms with Crippen LogP contribution in [0.1, 0.15) is 30.1 Å². The summed E-state index contributed by atoms with van der Waals surface area (Å²) >= 11 is 0. The summed E-state index contributed by atoms with van der Waals surface area (Å²) in [6, 6.07) is 7.25. The molecule has 0 saturated carbocycles. The molecule has 1 aromatic heterocycles. The Morgan fingerprint density at radius 2 is 1.86 bits per heavy atom. The third kappa shape index (κ3) is 5.64. The first-order valence-electron chi connectivity index (χ1n) is 10.8. The van der Waals surface area contributed by atoms with Crippen LogP contribution in [0.5, 0.6) is 5.75 Å². The fourth-order valence-corrected chi connectivity index (χ4v) is 3.91. The van der Waals surface area contributed by atoms with Crippen molar-refractivity contribution in [2.75, 3.05) is 25.1 Å². The first-order chi connectivity index (χ1) is 16.9. The van der Waals surface area contributed by atoms with E-state index >= 15 is 0 Å². The molecule has 0 fully saturated rings. The van der Waals surface area contributed by atoms with Gasteiger partial charge in [-0.1, -0.05) is 6.08 Å². The summed E-state index contributed by atoms with van der Waals surface area (Å²) in [5.41, 5.74) is -5.52. The van der Waals surface area contributed by atoms with Crippen LogP contribution in [-0.4, -0.2) is 40.1 Å². The molecule has 0 aliphatic rings. The quantitative estimate of drug-likeness (QED) is 0.0790. The molecule has 0 spiro atoms. The lowest BCUT2D eigenvalue weighted by atomic mass is 10.0. The van der Waals surface area contributed by atoms with Gasteiger partial charge in [0.1, 0.15) is 22.7 Å². The van der Waals surface area contributed by atoms with Crippen molar-refractivity contribution < 1.29 is 44.1 Å². The molecule has 12 heteroatoms. The molecule has 0 N–H and O–H groups in total. The van der Waals surface area contributed by atoms with E-state index in [0.717, 1.165) is 18.2 Å². The summed E-state index contributed by atoms with van der Waals surface area (Å²) in [5, 5.41) is -0.0385. The van der Waals surface area contributed by atoms with E-state index in [1.807, 2.05) is 0 Å². The number of esters is 1. The van der Waals surface area contributed by atoms with Crippen molar-refractivity contribution in [1.29, 1.82) is 0 Å². The summed E-state index contributed by atoms with van der Waals surface area (Å²) in [4.78, 5) is 14.3. The maximum atomic E-state index is 13.5. The van der Waals surface area contributed by atoms with Crippen LogP contribution in [0.4, 0.5) is 23.2 Å². The Kier molecular flexibility index (Phi) is 7.97. The molecule has 0 amide bonds. The number of benzene rings is 2. The van der Waals surface area contributed by atoms with Crippen LogP contribution in [0, 0.1) is 5.82 Å². The van der Waals surface area contributed by atoms with Crippen molar-refractivity contribution in [2.45, 2.75) is 25.3 Å². The highest BCUT2D eigenvalue weighted by Crippen LogP contribution is 2.42. The standard InChI is InChI=1S/C24H23F4NO6S/c1-4-6-7-12-29(3)18-14-19-17(13-20(18)35-36(31,32)24(26,27)28)21(23(30)33-5-2)22(34-19)15-8-10-16(25)11-9-15/h4,8-11,13-14H,1,5-7,12H2,2-3H3. The van der Waals surface area contributed by atoms with Crippen LogP contribution in [0.3, 0.4) is 0 Å². The Labute approximate surface area is 205 Å². The molecule has 194 valence electrons. The number of fused-ring (bicyclic) bond motifs is 1. The summed E-state index contributed by atoms with van der Waals surface area (Å²) in [6.07, 6.45) is 2.83. The fourth-order valence-electron chi connectivity index (χ4n) is 3.45. The zero-order valence-electron chi connectivity index (χ0n) is 19.4. The second kappa shape index (κ2) is 10.6. The molecule has 0 saturated heterocycles. The number of nitrogens with zero attached hydrogens (tertiary/aromatic N) is 1. The SMILES string of the molecule is C=CCCCN(C)c1cc2oc(-c3ccc(F)cc3)c(C(=O)OCC)c2cc1OS(=O)(=O)C(F)(F)F. The van der Waals surface area contributed by atoms with Crippen molar-refractivity contribution in [3.63, 3.8) is 0 Å². The lowest BCUT2D eigenvalue weighted by Crippen LogP contribution is -2.29. The number of furan rings is 1. The van der Waals surface area contributed by atoms with Gasteiger partial charge < -0.3 is 18.2 Å². The number of halogens is 4. The third-order valence-corrected chi connectivity index (χ3v) is 6.12. The van der Waals surface area contributed by atoms with Gasteiger partial charge in [-0.3, -0.25) is 0 Å². The monoisotopic (exact) mass is 529 g/mol. The summed E-state index contributed by atoms with van der Waals surface area (Å²) < 4.78 is 92.0. The molecule has 0 aliphatic heterocycles. The number of carbonyl (C=O) groups is 1. The predicted molar refractivity (Wildman–Crippen MR) is 126 cm³/mol. The highest BCUT2D eigenvalue weighted by atomic mass is 32.2. The van der Waals surface area contributed by atoms with E-state index in [1.165, 1.54) is 30.1 Å². The molecule has 3 rings (SSSR count). The molecule has 1 heterocycles. The molecule has 0 aliphatic carbocycles. The van der Waals surface area contributed by atoms with Gasteiger partial charge in [-0.25, -0.2) is 9.18 Å². The highest BCUT2D eigenvalue weighted by molar-refractivity contribution is 7.88. The van der Waals surface area contributed by atoms with Crippen LogP contribution in [0.15, 0.2) is 53.5 Å². The van der Waals surface area contributed by atoms with Crippen LogP contribution < -0.4 is 9.08 Å². The van der Waals surface area contributed by atoms with E-state index < -0.39 is 33.2 Å². The van der Waals surface area contributed by atoms with Crippen molar-refractivity contribution in [3.05, 3.63) is 60.4 Å². The van der Waals surface area contributed by atoms with Gasteiger partial charge in [-0.2, -0.15) is 21.6 Å². The second-order valence-electron chi connectivity index (χ2n) is 7.69. The Morgan fingerprint density at radius 1 is 1.19 bits per heavy atom. The van der Waals surface area contributed by atoms with Gasteiger partial charge in [-0.05, 0) is 50.1 Å². The molecule has 3 aromatic rings. The number of anilines is 1. The minimum absolute atomic E-state index is 0.0193. The maximum Gasteiger partial charge on any atom is 0.534 e. The van der Waals surface area contributed by atoms with Crippen LogP contribution in [-0.2, 0) is 14.9 Å². The first-order valence-corrected chi connectivity index (χ1v) is 12.2. The van der Waals surface area contributed by atoms with Crippen molar-refractivity contribution in [2.24, 2.45) is 0 Å². The molecule has 0 atom stereocenters. The van der Waals surface area contributed by atoms with Gasteiger partial charge in [0, 0.05) is 30.6 Å². The summed E-state index contributed by atoms with van der Waals surface area (Å²) in [6.45, 7) is 5.46. The summed E-state index contributed by atoms with van der Waals surface area (Å²) in [7, 11) is -4.49. The normalized spacial score (nSPS) is 11.9. The molecule has 7 nitrogen and oxygen atoms in total. The topological polar surface area (TPSA) is 86.1 Å². The molecule has 0 radical (unpaired) electrons. The van der Waals surface area contributed by atoms with E-state index in [-0.39, 0.29) is 34.6 Å². The molecular weight excluding hydrogens is 506 g/mol. The average Bonchev–Trinajstić information content (AvgIpc) is 3.16. The lowest BCUT2D eigenvalue weighted by Gasteiger charge is -2.22. The zero-order chi connectivity index (χ0) is 26.7. The van der Waals surface area contributed by atoms with Crippen molar-refractivity contribution in [1.82, 2.24) is 0 Å². The molecule has 36 heavy (non-hydrogen) atoms. The molecular formula is C24H23F4NO6S. The number of unbranched alkanes of at least 4 members (excludes halogenated alkanes) is 1.